The van der Waals surface area contributed by atoms with Crippen molar-refractivity contribution in [2.75, 3.05) is 20.6 Å². The number of phenolic OH excluding ortho intramolecular Hbond substituents is 1. The minimum atomic E-state index is 0. The predicted molar refractivity (Wildman–Crippen MR) is 98.2 cm³/mol. The normalized spacial score (nSPS) is 21.0. The van der Waals surface area contributed by atoms with Gasteiger partial charge in [-0.3, -0.25) is 0 Å². The second-order valence-electron chi connectivity index (χ2n) is 7.56. The van der Waals surface area contributed by atoms with Crippen LogP contribution in [0.5, 0.6) is 5.75 Å². The van der Waals surface area contributed by atoms with E-state index in [1.165, 1.54) is 36.9 Å². The number of hydrogen-bond acceptors (Lipinski definition) is 2. The topological polar surface area (TPSA) is 20.2 Å². The lowest BCUT2D eigenvalue weighted by atomic mass is 9.83. The summed E-state index contributed by atoms with van der Waals surface area (Å²) in [7, 11) is 4.73. The van der Waals surface area contributed by atoms with Crippen LogP contribution in [0.15, 0.2) is 35.0 Å². The first-order valence-corrected chi connectivity index (χ1v) is 9.56. The van der Waals surface area contributed by atoms with E-state index in [9.17, 15) is 5.11 Å². The molecule has 132 valence electrons. The van der Waals surface area contributed by atoms with Crippen molar-refractivity contribution in [2.24, 2.45) is 0 Å². The van der Waals surface area contributed by atoms with Gasteiger partial charge in [-0.25, -0.2) is 0 Å². The summed E-state index contributed by atoms with van der Waals surface area (Å²) in [5, 5.41) is 14.9. The van der Waals surface area contributed by atoms with E-state index in [1.54, 1.807) is 11.3 Å². The molecule has 0 saturated carbocycles. The molecule has 1 saturated heterocycles. The van der Waals surface area contributed by atoms with Crippen LogP contribution in [0.25, 0.3) is 0 Å². The second kappa shape index (κ2) is 8.03. The minimum Gasteiger partial charge on any atom is -1.00 e. The van der Waals surface area contributed by atoms with Gasteiger partial charge < -0.3 is 26.6 Å². The molecule has 1 aliphatic heterocycles. The summed E-state index contributed by atoms with van der Waals surface area (Å²) in [6, 6.07) is 8.89. The number of quaternary nitrogens is 1. The largest absolute Gasteiger partial charge is 1.00 e. The van der Waals surface area contributed by atoms with Crippen molar-refractivity contribution < 1.29 is 26.6 Å². The molecule has 0 amide bonds. The number of likely N-dealkylation sites (tertiary alicyclic amines) is 1. The van der Waals surface area contributed by atoms with Crippen LogP contribution in [0, 0.1) is 6.92 Å². The first-order valence-electron chi connectivity index (χ1n) is 8.61. The Morgan fingerprint density at radius 3 is 2.71 bits per heavy atom. The monoisotopic (exact) mass is 409 g/mol. The first-order chi connectivity index (χ1) is 11.0. The van der Waals surface area contributed by atoms with Crippen molar-refractivity contribution in [1.82, 2.24) is 0 Å². The average molecular weight is 410 g/mol. The fourth-order valence-electron chi connectivity index (χ4n) is 3.98. The van der Waals surface area contributed by atoms with Gasteiger partial charge >= 0.3 is 0 Å². The third kappa shape index (κ3) is 4.22. The maximum atomic E-state index is 10.5. The first kappa shape index (κ1) is 19.5. The standard InChI is InChI=1S/C20H27NOS.BrH/c1-15-7-8-20(22)19(12-15)18(16-9-11-23-14-16)13-17-6-4-5-10-21(17,2)3;/h7-9,11-12,14,17-18H,4-6,10,13H2,1-3H3;1H. The molecule has 2 heterocycles. The van der Waals surface area contributed by atoms with Crippen LogP contribution < -0.4 is 17.0 Å². The van der Waals surface area contributed by atoms with Crippen LogP contribution in [0.4, 0.5) is 0 Å². The van der Waals surface area contributed by atoms with Gasteiger partial charge in [0.25, 0.3) is 0 Å². The van der Waals surface area contributed by atoms with Crippen LogP contribution in [-0.4, -0.2) is 36.3 Å². The van der Waals surface area contributed by atoms with E-state index in [-0.39, 0.29) is 17.0 Å². The predicted octanol–water partition coefficient (Wildman–Crippen LogP) is 1.92. The zero-order valence-electron chi connectivity index (χ0n) is 14.8. The third-order valence-corrected chi connectivity index (χ3v) is 6.22. The highest BCUT2D eigenvalue weighted by atomic mass is 79.9. The molecule has 0 radical (unpaired) electrons. The molecule has 3 rings (SSSR count). The fourth-order valence-corrected chi connectivity index (χ4v) is 4.69. The van der Waals surface area contributed by atoms with Crippen molar-refractivity contribution in [3.63, 3.8) is 0 Å². The van der Waals surface area contributed by atoms with Crippen molar-refractivity contribution >= 4 is 11.3 Å². The Kier molecular flexibility index (Phi) is 6.52. The number of nitrogens with zero attached hydrogens (tertiary/aromatic N) is 1. The van der Waals surface area contributed by atoms with Gasteiger partial charge in [0, 0.05) is 17.9 Å². The molecule has 4 heteroatoms. The Labute approximate surface area is 160 Å². The highest BCUT2D eigenvalue weighted by molar-refractivity contribution is 7.08. The molecule has 1 fully saturated rings. The smallest absolute Gasteiger partial charge is 0.119 e. The molecule has 2 atom stereocenters. The molecule has 2 nitrogen and oxygen atoms in total. The maximum absolute atomic E-state index is 10.5. The minimum absolute atomic E-state index is 0. The summed E-state index contributed by atoms with van der Waals surface area (Å²) in [6.45, 7) is 3.37. The van der Waals surface area contributed by atoms with Gasteiger partial charge in [0.15, 0.2) is 0 Å². The SMILES string of the molecule is Cc1ccc(O)c(C(CC2CCCC[N+]2(C)C)c2ccsc2)c1.[Br-]. The Morgan fingerprint density at radius 2 is 2.04 bits per heavy atom. The number of hydrogen-bond donors (Lipinski definition) is 1. The van der Waals surface area contributed by atoms with Gasteiger partial charge in [-0.2, -0.15) is 11.3 Å². The van der Waals surface area contributed by atoms with E-state index < -0.39 is 0 Å². The number of piperidine rings is 1. The number of aryl methyl sites for hydroxylation is 1. The average Bonchev–Trinajstić information content (AvgIpc) is 3.03. The highest BCUT2D eigenvalue weighted by Crippen LogP contribution is 2.39. The molecule has 24 heavy (non-hydrogen) atoms. The van der Waals surface area contributed by atoms with Crippen molar-refractivity contribution in [2.45, 2.75) is 44.6 Å². The summed E-state index contributed by atoms with van der Waals surface area (Å²) in [5.41, 5.74) is 3.66. The molecule has 2 aromatic rings. The van der Waals surface area contributed by atoms with Gasteiger partial charge in [-0.1, -0.05) is 17.7 Å². The van der Waals surface area contributed by atoms with Crippen molar-refractivity contribution in [3.05, 3.63) is 51.7 Å². The molecular formula is C20H28BrNOS. The van der Waals surface area contributed by atoms with E-state index in [2.05, 4.69) is 43.9 Å². The summed E-state index contributed by atoms with van der Waals surface area (Å²) < 4.78 is 1.10. The maximum Gasteiger partial charge on any atom is 0.119 e. The summed E-state index contributed by atoms with van der Waals surface area (Å²) in [4.78, 5) is 0. The Bertz CT molecular complexity index is 654. The third-order valence-electron chi connectivity index (χ3n) is 5.52. The second-order valence-corrected chi connectivity index (χ2v) is 8.34. The highest BCUT2D eigenvalue weighted by Gasteiger charge is 2.34. The van der Waals surface area contributed by atoms with Crippen LogP contribution in [0.1, 0.15) is 48.3 Å². The molecule has 1 N–H and O–H groups in total. The Morgan fingerprint density at radius 1 is 1.25 bits per heavy atom. The molecule has 0 bridgehead atoms. The van der Waals surface area contributed by atoms with Gasteiger partial charge in [0.1, 0.15) is 5.75 Å². The molecule has 2 unspecified atom stereocenters. The number of benzene rings is 1. The summed E-state index contributed by atoms with van der Waals surface area (Å²) >= 11 is 1.75. The van der Waals surface area contributed by atoms with Gasteiger partial charge in [-0.05, 0) is 54.6 Å². The van der Waals surface area contributed by atoms with E-state index >= 15 is 0 Å². The number of thiophene rings is 1. The molecule has 1 aromatic carbocycles. The number of aromatic hydroxyl groups is 1. The van der Waals surface area contributed by atoms with Crippen LogP contribution in [-0.2, 0) is 0 Å². The lowest BCUT2D eigenvalue weighted by molar-refractivity contribution is -0.920. The Balaban J connectivity index is 0.00000208. The lowest BCUT2D eigenvalue weighted by Gasteiger charge is -2.43. The molecule has 0 aliphatic carbocycles. The van der Waals surface area contributed by atoms with E-state index in [1.807, 2.05) is 12.1 Å². The van der Waals surface area contributed by atoms with E-state index in [0.717, 1.165) is 16.5 Å². The molecular weight excluding hydrogens is 382 g/mol. The van der Waals surface area contributed by atoms with Crippen LogP contribution in [0.3, 0.4) is 0 Å². The van der Waals surface area contributed by atoms with Crippen molar-refractivity contribution in [3.8, 4) is 5.75 Å². The molecule has 1 aliphatic rings. The van der Waals surface area contributed by atoms with Crippen LogP contribution in [0.2, 0.25) is 0 Å². The summed E-state index contributed by atoms with van der Waals surface area (Å²) in [6.07, 6.45) is 5.08. The van der Waals surface area contributed by atoms with E-state index in [0.29, 0.717) is 17.7 Å². The molecule has 1 aromatic heterocycles. The number of rotatable bonds is 4. The van der Waals surface area contributed by atoms with Crippen LogP contribution >= 0.6 is 11.3 Å². The quantitative estimate of drug-likeness (QED) is 0.764. The van der Waals surface area contributed by atoms with Gasteiger partial charge in [-0.15, -0.1) is 0 Å². The lowest BCUT2D eigenvalue weighted by Crippen LogP contribution is -3.00. The van der Waals surface area contributed by atoms with Gasteiger partial charge in [0.05, 0.1) is 26.7 Å². The van der Waals surface area contributed by atoms with Crippen molar-refractivity contribution in [1.29, 1.82) is 0 Å². The fraction of sp³-hybridized carbons (Fsp3) is 0.500. The van der Waals surface area contributed by atoms with E-state index in [4.69, 9.17) is 0 Å². The zero-order chi connectivity index (χ0) is 16.4. The van der Waals surface area contributed by atoms with Gasteiger partial charge in [0.2, 0.25) is 0 Å². The summed E-state index contributed by atoms with van der Waals surface area (Å²) in [5.74, 6) is 0.731. The zero-order valence-corrected chi connectivity index (χ0v) is 17.2. The number of phenols is 1. The number of halogens is 1. The molecule has 0 spiro atoms. The Hall–Kier alpha value is -0.840.